The van der Waals surface area contributed by atoms with Gasteiger partial charge < -0.3 is 4.74 Å². The van der Waals surface area contributed by atoms with Crippen molar-refractivity contribution in [2.45, 2.75) is 32.1 Å². The smallest absolute Gasteiger partial charge is 0.305 e. The Labute approximate surface area is 137 Å². The van der Waals surface area contributed by atoms with Crippen molar-refractivity contribution >= 4 is 11.8 Å². The van der Waals surface area contributed by atoms with Crippen molar-refractivity contribution < 1.29 is 14.3 Å². The first-order chi connectivity index (χ1) is 11.2. The zero-order chi connectivity index (χ0) is 16.5. The first kappa shape index (κ1) is 16.9. The summed E-state index contributed by atoms with van der Waals surface area (Å²) in [5.74, 6) is -0.0937. The van der Waals surface area contributed by atoms with E-state index in [-0.39, 0.29) is 11.8 Å². The molecule has 2 aromatic rings. The van der Waals surface area contributed by atoms with Crippen LogP contribution in [-0.2, 0) is 16.0 Å². The number of unbranched alkanes of at least 4 members (excludes halogenated alkanes) is 1. The van der Waals surface area contributed by atoms with E-state index in [1.807, 2.05) is 42.5 Å². The van der Waals surface area contributed by atoms with Crippen LogP contribution in [-0.4, -0.2) is 18.9 Å². The van der Waals surface area contributed by atoms with Gasteiger partial charge in [-0.2, -0.15) is 0 Å². The summed E-state index contributed by atoms with van der Waals surface area (Å²) in [5.41, 5.74) is 3.19. The van der Waals surface area contributed by atoms with Gasteiger partial charge in [0, 0.05) is 18.4 Å². The summed E-state index contributed by atoms with van der Waals surface area (Å²) in [4.78, 5) is 23.1. The lowest BCUT2D eigenvalue weighted by atomic mass is 10.0. The third-order valence-corrected chi connectivity index (χ3v) is 3.79. The van der Waals surface area contributed by atoms with E-state index < -0.39 is 0 Å². The van der Waals surface area contributed by atoms with Gasteiger partial charge in [0.2, 0.25) is 0 Å². The van der Waals surface area contributed by atoms with Crippen LogP contribution >= 0.6 is 0 Å². The van der Waals surface area contributed by atoms with Crippen LogP contribution in [0.2, 0.25) is 0 Å². The Hall–Kier alpha value is -2.42. The van der Waals surface area contributed by atoms with Crippen LogP contribution in [0.5, 0.6) is 0 Å². The maximum Gasteiger partial charge on any atom is 0.305 e. The minimum atomic E-state index is -0.220. The molecule has 0 amide bonds. The molecule has 0 bridgehead atoms. The van der Waals surface area contributed by atoms with Gasteiger partial charge in [0.15, 0.2) is 5.78 Å². The number of carbonyl (C=O) groups is 2. The molecule has 0 aromatic heterocycles. The average Bonchev–Trinajstić information content (AvgIpc) is 2.60. The van der Waals surface area contributed by atoms with E-state index in [1.54, 1.807) is 0 Å². The van der Waals surface area contributed by atoms with Gasteiger partial charge in [-0.25, -0.2) is 0 Å². The standard InChI is InChI=1S/C20H22O3/c1-23-20(22)10-6-5-9-19(21)18-13-11-17(12-14-18)15-16-7-3-2-4-8-16/h2-4,7-8,11-14H,5-6,9-10,15H2,1H3. The van der Waals surface area contributed by atoms with Crippen molar-refractivity contribution in [3.8, 4) is 0 Å². The van der Waals surface area contributed by atoms with E-state index in [9.17, 15) is 9.59 Å². The molecule has 0 atom stereocenters. The Morgan fingerprint density at radius 2 is 1.43 bits per heavy atom. The molecular weight excluding hydrogens is 288 g/mol. The van der Waals surface area contributed by atoms with E-state index in [2.05, 4.69) is 16.9 Å². The summed E-state index contributed by atoms with van der Waals surface area (Å²) < 4.78 is 4.58. The molecule has 23 heavy (non-hydrogen) atoms. The van der Waals surface area contributed by atoms with E-state index in [1.165, 1.54) is 18.2 Å². The molecule has 0 radical (unpaired) electrons. The van der Waals surface area contributed by atoms with Crippen molar-refractivity contribution in [1.29, 1.82) is 0 Å². The van der Waals surface area contributed by atoms with Gasteiger partial charge >= 0.3 is 5.97 Å². The topological polar surface area (TPSA) is 43.4 Å². The number of ether oxygens (including phenoxy) is 1. The number of hydrogen-bond acceptors (Lipinski definition) is 3. The highest BCUT2D eigenvalue weighted by Crippen LogP contribution is 2.13. The van der Waals surface area contributed by atoms with Crippen molar-refractivity contribution in [2.75, 3.05) is 7.11 Å². The molecule has 3 nitrogen and oxygen atoms in total. The zero-order valence-electron chi connectivity index (χ0n) is 13.5. The second-order valence-corrected chi connectivity index (χ2v) is 5.57. The number of Topliss-reactive ketones (excluding diaryl/α,β-unsaturated/α-hetero) is 1. The first-order valence-electron chi connectivity index (χ1n) is 7.92. The second kappa shape index (κ2) is 8.89. The quantitative estimate of drug-likeness (QED) is 0.417. The monoisotopic (exact) mass is 310 g/mol. The number of hydrogen-bond donors (Lipinski definition) is 0. The third kappa shape index (κ3) is 5.70. The van der Waals surface area contributed by atoms with Gasteiger partial charge in [-0.05, 0) is 30.4 Å². The van der Waals surface area contributed by atoms with Gasteiger partial charge in [0.1, 0.15) is 0 Å². The summed E-state index contributed by atoms with van der Waals surface area (Å²) in [6.07, 6.45) is 3.10. The summed E-state index contributed by atoms with van der Waals surface area (Å²) in [6, 6.07) is 18.1. The summed E-state index contributed by atoms with van der Waals surface area (Å²) in [5, 5.41) is 0. The number of benzene rings is 2. The van der Waals surface area contributed by atoms with Gasteiger partial charge in [0.05, 0.1) is 7.11 Å². The van der Waals surface area contributed by atoms with Crippen LogP contribution in [0.25, 0.3) is 0 Å². The van der Waals surface area contributed by atoms with E-state index >= 15 is 0 Å². The van der Waals surface area contributed by atoms with Crippen molar-refractivity contribution in [3.05, 3.63) is 71.3 Å². The molecule has 0 aliphatic rings. The highest BCUT2D eigenvalue weighted by atomic mass is 16.5. The molecule has 0 N–H and O–H groups in total. The fraction of sp³-hybridized carbons (Fsp3) is 0.300. The van der Waals surface area contributed by atoms with E-state index in [4.69, 9.17) is 0 Å². The first-order valence-corrected chi connectivity index (χ1v) is 7.92. The van der Waals surface area contributed by atoms with Crippen LogP contribution < -0.4 is 0 Å². The number of esters is 1. The summed E-state index contributed by atoms with van der Waals surface area (Å²) in [6.45, 7) is 0. The SMILES string of the molecule is COC(=O)CCCCC(=O)c1ccc(Cc2ccccc2)cc1. The predicted molar refractivity (Wildman–Crippen MR) is 90.5 cm³/mol. The average molecular weight is 310 g/mol. The van der Waals surface area contributed by atoms with Crippen LogP contribution in [0.15, 0.2) is 54.6 Å². The largest absolute Gasteiger partial charge is 0.469 e. The molecule has 0 aliphatic heterocycles. The Morgan fingerprint density at radius 1 is 0.826 bits per heavy atom. The minimum absolute atomic E-state index is 0.126. The molecular formula is C20H22O3. The fourth-order valence-electron chi connectivity index (χ4n) is 2.44. The molecule has 2 aromatic carbocycles. The van der Waals surface area contributed by atoms with Crippen molar-refractivity contribution in [1.82, 2.24) is 0 Å². The van der Waals surface area contributed by atoms with Gasteiger partial charge in [-0.3, -0.25) is 9.59 Å². The van der Waals surface area contributed by atoms with Crippen molar-refractivity contribution in [2.24, 2.45) is 0 Å². The van der Waals surface area contributed by atoms with Gasteiger partial charge in [0.25, 0.3) is 0 Å². The number of methoxy groups -OCH3 is 1. The maximum atomic E-state index is 12.1. The Bertz CT molecular complexity index is 630. The summed E-state index contributed by atoms with van der Waals surface area (Å²) in [7, 11) is 1.38. The number of ketones is 1. The molecule has 120 valence electrons. The van der Waals surface area contributed by atoms with E-state index in [0.717, 1.165) is 12.0 Å². The molecule has 0 spiro atoms. The van der Waals surface area contributed by atoms with Crippen LogP contribution in [0.3, 0.4) is 0 Å². The second-order valence-electron chi connectivity index (χ2n) is 5.57. The summed E-state index contributed by atoms with van der Waals surface area (Å²) >= 11 is 0. The van der Waals surface area contributed by atoms with Crippen molar-refractivity contribution in [3.63, 3.8) is 0 Å². The number of rotatable bonds is 8. The molecule has 0 fully saturated rings. The number of carbonyl (C=O) groups excluding carboxylic acids is 2. The lowest BCUT2D eigenvalue weighted by Crippen LogP contribution is -2.02. The van der Waals surface area contributed by atoms with Gasteiger partial charge in [-0.15, -0.1) is 0 Å². The highest BCUT2D eigenvalue weighted by molar-refractivity contribution is 5.96. The Balaban J connectivity index is 1.82. The van der Waals surface area contributed by atoms with Crippen LogP contribution in [0.1, 0.15) is 47.2 Å². The lowest BCUT2D eigenvalue weighted by molar-refractivity contribution is -0.140. The molecule has 0 unspecified atom stereocenters. The molecule has 0 heterocycles. The highest BCUT2D eigenvalue weighted by Gasteiger charge is 2.07. The van der Waals surface area contributed by atoms with Crippen LogP contribution in [0.4, 0.5) is 0 Å². The maximum absolute atomic E-state index is 12.1. The Morgan fingerprint density at radius 3 is 2.09 bits per heavy atom. The van der Waals surface area contributed by atoms with Gasteiger partial charge in [-0.1, -0.05) is 54.6 Å². The fourth-order valence-corrected chi connectivity index (χ4v) is 2.44. The van der Waals surface area contributed by atoms with Crippen LogP contribution in [0, 0.1) is 0 Å². The molecule has 0 aliphatic carbocycles. The predicted octanol–water partition coefficient (Wildman–Crippen LogP) is 4.19. The molecule has 2 rings (SSSR count). The molecule has 3 heteroatoms. The third-order valence-electron chi connectivity index (χ3n) is 3.79. The molecule has 0 saturated carbocycles. The normalized spacial score (nSPS) is 10.3. The Kier molecular flexibility index (Phi) is 6.55. The zero-order valence-corrected chi connectivity index (χ0v) is 13.5. The van der Waals surface area contributed by atoms with E-state index in [0.29, 0.717) is 25.7 Å². The lowest BCUT2D eigenvalue weighted by Gasteiger charge is -2.05. The minimum Gasteiger partial charge on any atom is -0.469 e. The molecule has 0 saturated heterocycles.